The minimum Gasteiger partial charge on any atom is -0.383 e. The second-order valence-electron chi connectivity index (χ2n) is 5.78. The van der Waals surface area contributed by atoms with Crippen molar-refractivity contribution in [3.05, 3.63) is 0 Å². The zero-order chi connectivity index (χ0) is 13.2. The minimum atomic E-state index is 0.629. The zero-order valence-electron chi connectivity index (χ0n) is 12.6. The summed E-state index contributed by atoms with van der Waals surface area (Å²) in [7, 11) is 1.80. The van der Waals surface area contributed by atoms with Crippen molar-refractivity contribution in [3.63, 3.8) is 0 Å². The Bertz CT molecular complexity index is 193. The van der Waals surface area contributed by atoms with E-state index in [1.54, 1.807) is 7.11 Å². The fraction of sp³-hybridized carbons (Fsp3) is 1.00. The Morgan fingerprint density at radius 2 is 1.83 bits per heavy atom. The van der Waals surface area contributed by atoms with E-state index in [2.05, 4.69) is 24.1 Å². The maximum Gasteiger partial charge on any atom is 0.0589 e. The van der Waals surface area contributed by atoms with Gasteiger partial charge in [0.2, 0.25) is 0 Å². The highest BCUT2D eigenvalue weighted by atomic mass is 16.5. The van der Waals surface area contributed by atoms with Gasteiger partial charge in [0.15, 0.2) is 0 Å². The van der Waals surface area contributed by atoms with Crippen LogP contribution in [0.1, 0.15) is 52.4 Å². The van der Waals surface area contributed by atoms with Gasteiger partial charge in [-0.1, -0.05) is 26.7 Å². The van der Waals surface area contributed by atoms with Crippen LogP contribution in [0, 0.1) is 0 Å². The van der Waals surface area contributed by atoms with Crippen molar-refractivity contribution in [2.24, 2.45) is 0 Å². The smallest absolute Gasteiger partial charge is 0.0589 e. The summed E-state index contributed by atoms with van der Waals surface area (Å²) in [6, 6.07) is 1.51. The number of rotatable bonds is 12. The third-order valence-corrected chi connectivity index (χ3v) is 3.57. The van der Waals surface area contributed by atoms with Gasteiger partial charge in [0.05, 0.1) is 6.61 Å². The van der Waals surface area contributed by atoms with Crippen LogP contribution >= 0.6 is 0 Å². The summed E-state index contributed by atoms with van der Waals surface area (Å²) in [6.45, 7) is 8.87. The molecule has 0 amide bonds. The van der Waals surface area contributed by atoms with E-state index >= 15 is 0 Å². The zero-order valence-corrected chi connectivity index (χ0v) is 12.6. The van der Waals surface area contributed by atoms with Gasteiger partial charge in [0, 0.05) is 25.7 Å². The van der Waals surface area contributed by atoms with Crippen molar-refractivity contribution >= 4 is 0 Å². The Balaban J connectivity index is 1.91. The lowest BCUT2D eigenvalue weighted by molar-refractivity contribution is 0.142. The van der Waals surface area contributed by atoms with Crippen LogP contribution in [0.3, 0.4) is 0 Å². The lowest BCUT2D eigenvalue weighted by Gasteiger charge is -2.21. The summed E-state index contributed by atoms with van der Waals surface area (Å²) < 4.78 is 5.18. The van der Waals surface area contributed by atoms with E-state index in [4.69, 9.17) is 4.74 Å². The van der Waals surface area contributed by atoms with Crippen molar-refractivity contribution in [3.8, 4) is 0 Å². The lowest BCUT2D eigenvalue weighted by atomic mass is 10.2. The number of nitrogens with one attached hydrogen (secondary N) is 1. The molecule has 3 heteroatoms. The normalized spacial score (nSPS) is 15.8. The predicted octanol–water partition coefficient (Wildman–Crippen LogP) is 2.66. The highest BCUT2D eigenvalue weighted by molar-refractivity contribution is 4.84. The fourth-order valence-electron chi connectivity index (χ4n) is 2.31. The van der Waals surface area contributed by atoms with Crippen LogP contribution in [0.2, 0.25) is 0 Å². The molecule has 0 aromatic rings. The van der Waals surface area contributed by atoms with Gasteiger partial charge < -0.3 is 10.1 Å². The monoisotopic (exact) mass is 256 g/mol. The van der Waals surface area contributed by atoms with Gasteiger partial charge in [0.1, 0.15) is 0 Å². The molecule has 1 saturated carbocycles. The molecule has 0 aromatic heterocycles. The fourth-order valence-corrected chi connectivity index (χ4v) is 2.31. The maximum atomic E-state index is 5.18. The van der Waals surface area contributed by atoms with Crippen LogP contribution in [0.15, 0.2) is 0 Å². The quantitative estimate of drug-likeness (QED) is 0.543. The molecule has 1 rings (SSSR count). The number of methoxy groups -OCH3 is 1. The van der Waals surface area contributed by atoms with E-state index in [1.165, 1.54) is 51.6 Å². The highest BCUT2D eigenvalue weighted by Crippen LogP contribution is 2.26. The summed E-state index contributed by atoms with van der Waals surface area (Å²) >= 11 is 0. The number of ether oxygens (including phenoxy) is 1. The van der Waals surface area contributed by atoms with Crippen molar-refractivity contribution in [2.45, 2.75) is 64.5 Å². The van der Waals surface area contributed by atoms with E-state index in [1.807, 2.05) is 0 Å². The molecule has 0 heterocycles. The minimum absolute atomic E-state index is 0.629. The number of unbranched alkanes of at least 4 members (excludes halogenated alkanes) is 3. The van der Waals surface area contributed by atoms with E-state index in [-0.39, 0.29) is 0 Å². The third-order valence-electron chi connectivity index (χ3n) is 3.57. The van der Waals surface area contributed by atoms with E-state index in [9.17, 15) is 0 Å². The molecule has 1 fully saturated rings. The summed E-state index contributed by atoms with van der Waals surface area (Å²) in [5.74, 6) is 0. The molecule has 108 valence electrons. The molecule has 1 aliphatic carbocycles. The first-order chi connectivity index (χ1) is 8.74. The van der Waals surface area contributed by atoms with Crippen LogP contribution in [0.5, 0.6) is 0 Å². The van der Waals surface area contributed by atoms with Gasteiger partial charge in [-0.25, -0.2) is 0 Å². The molecule has 3 nitrogen and oxygen atoms in total. The van der Waals surface area contributed by atoms with Gasteiger partial charge in [-0.2, -0.15) is 0 Å². The topological polar surface area (TPSA) is 24.5 Å². The molecular weight excluding hydrogens is 224 g/mol. The Labute approximate surface area is 113 Å². The molecule has 1 aliphatic rings. The van der Waals surface area contributed by atoms with Gasteiger partial charge >= 0.3 is 0 Å². The van der Waals surface area contributed by atoms with Crippen LogP contribution < -0.4 is 5.32 Å². The standard InChI is InChI=1S/C15H32N2O/c1-14(2)16-10-6-4-5-7-11-17(12-13-18-3)15-8-9-15/h14-16H,4-13H2,1-3H3. The number of hydrogen-bond donors (Lipinski definition) is 1. The van der Waals surface area contributed by atoms with Gasteiger partial charge in [0.25, 0.3) is 0 Å². The second kappa shape index (κ2) is 9.76. The number of nitrogens with zero attached hydrogens (tertiary/aromatic N) is 1. The summed E-state index contributed by atoms with van der Waals surface area (Å²) in [6.07, 6.45) is 8.21. The Morgan fingerprint density at radius 1 is 1.11 bits per heavy atom. The van der Waals surface area contributed by atoms with E-state index in [0.29, 0.717) is 6.04 Å². The molecule has 1 N–H and O–H groups in total. The summed E-state index contributed by atoms with van der Waals surface area (Å²) in [4.78, 5) is 2.62. The molecular formula is C15H32N2O. The highest BCUT2D eigenvalue weighted by Gasteiger charge is 2.27. The molecule has 0 atom stereocenters. The Kier molecular flexibility index (Phi) is 8.64. The van der Waals surface area contributed by atoms with Crippen LogP contribution in [-0.2, 0) is 4.74 Å². The Morgan fingerprint density at radius 3 is 2.44 bits per heavy atom. The SMILES string of the molecule is COCCN(CCCCCCNC(C)C)C1CC1. The van der Waals surface area contributed by atoms with Crippen molar-refractivity contribution in [1.82, 2.24) is 10.2 Å². The van der Waals surface area contributed by atoms with Crippen LogP contribution in [0.4, 0.5) is 0 Å². The van der Waals surface area contributed by atoms with Crippen LogP contribution in [0.25, 0.3) is 0 Å². The molecule has 0 radical (unpaired) electrons. The summed E-state index contributed by atoms with van der Waals surface area (Å²) in [5.41, 5.74) is 0. The molecule has 0 unspecified atom stereocenters. The lowest BCUT2D eigenvalue weighted by Crippen LogP contribution is -2.30. The largest absolute Gasteiger partial charge is 0.383 e. The maximum absolute atomic E-state index is 5.18. The van der Waals surface area contributed by atoms with E-state index in [0.717, 1.165) is 19.2 Å². The van der Waals surface area contributed by atoms with Crippen molar-refractivity contribution < 1.29 is 4.74 Å². The molecule has 0 spiro atoms. The first kappa shape index (κ1) is 15.9. The van der Waals surface area contributed by atoms with Gasteiger partial charge in [-0.15, -0.1) is 0 Å². The average Bonchev–Trinajstić information content (AvgIpc) is 3.15. The van der Waals surface area contributed by atoms with E-state index < -0.39 is 0 Å². The van der Waals surface area contributed by atoms with Crippen molar-refractivity contribution in [1.29, 1.82) is 0 Å². The third kappa shape index (κ3) is 8.06. The molecule has 0 aliphatic heterocycles. The number of hydrogen-bond acceptors (Lipinski definition) is 3. The molecule has 18 heavy (non-hydrogen) atoms. The first-order valence-electron chi connectivity index (χ1n) is 7.70. The Hall–Kier alpha value is -0.120. The molecule has 0 aromatic carbocycles. The van der Waals surface area contributed by atoms with Gasteiger partial charge in [-0.3, -0.25) is 4.90 Å². The first-order valence-corrected chi connectivity index (χ1v) is 7.70. The van der Waals surface area contributed by atoms with Gasteiger partial charge in [-0.05, 0) is 38.8 Å². The predicted molar refractivity (Wildman–Crippen MR) is 78.1 cm³/mol. The molecule has 0 saturated heterocycles. The van der Waals surface area contributed by atoms with Crippen LogP contribution in [-0.4, -0.2) is 50.3 Å². The second-order valence-corrected chi connectivity index (χ2v) is 5.78. The molecule has 0 bridgehead atoms. The average molecular weight is 256 g/mol. The summed E-state index contributed by atoms with van der Waals surface area (Å²) in [5, 5.41) is 3.47. The van der Waals surface area contributed by atoms with Crippen molar-refractivity contribution in [2.75, 3.05) is 33.4 Å².